The van der Waals surface area contributed by atoms with Gasteiger partial charge >= 0.3 is 0 Å². The normalized spacial score (nSPS) is 12.2. The first kappa shape index (κ1) is 37.5. The molecule has 0 aliphatic rings. The van der Waals surface area contributed by atoms with Crippen LogP contribution in [-0.2, 0) is 30.1 Å². The molecule has 0 N–H and O–H groups in total. The molecule has 4 aromatic carbocycles. The van der Waals surface area contributed by atoms with Gasteiger partial charge in [0.2, 0.25) is 0 Å². The van der Waals surface area contributed by atoms with Crippen LogP contribution in [0.25, 0.3) is 0 Å². The molecule has 8 nitrogen and oxygen atoms in total. The van der Waals surface area contributed by atoms with Crippen molar-refractivity contribution < 1.29 is 25.3 Å². The number of benzene rings is 4. The molecular formula is C27H17BrCl6N2O6S4. The Balaban J connectivity index is 2.05. The van der Waals surface area contributed by atoms with Crippen molar-refractivity contribution in [2.75, 3.05) is 7.42 Å². The molecule has 244 valence electrons. The summed E-state index contributed by atoms with van der Waals surface area (Å²) in [6.07, 6.45) is 0. The van der Waals surface area contributed by atoms with E-state index in [0.29, 0.717) is 11.9 Å². The first-order valence-corrected chi connectivity index (χ1v) is 20.3. The summed E-state index contributed by atoms with van der Waals surface area (Å²) in [5.41, 5.74) is -0.692. The monoisotopic (exact) mass is 882 g/mol. The first-order chi connectivity index (χ1) is 21.2. The zero-order chi connectivity index (χ0) is 34.4. The molecule has 0 aromatic heterocycles. The fourth-order valence-electron chi connectivity index (χ4n) is 3.75. The van der Waals surface area contributed by atoms with E-state index in [1.54, 1.807) is 0 Å². The van der Waals surface area contributed by atoms with Gasteiger partial charge in [0.05, 0.1) is 26.1 Å². The van der Waals surface area contributed by atoms with Crippen molar-refractivity contribution in [2.24, 2.45) is 0 Å². The Kier molecular flexibility index (Phi) is 11.6. The molecule has 0 amide bonds. The molecule has 0 saturated carbocycles. The van der Waals surface area contributed by atoms with Crippen molar-refractivity contribution in [1.29, 1.82) is 0 Å². The molecule has 0 bridgehead atoms. The average molecular weight is 886 g/mol. The Bertz CT molecular complexity index is 2080. The maximum atomic E-state index is 14.2. The molecule has 19 heteroatoms. The third kappa shape index (κ3) is 8.08. The van der Waals surface area contributed by atoms with E-state index in [2.05, 4.69) is 22.5 Å². The Hall–Kier alpha value is -1.36. The van der Waals surface area contributed by atoms with Crippen LogP contribution in [0.2, 0.25) is 30.1 Å². The van der Waals surface area contributed by atoms with Crippen molar-refractivity contribution in [2.45, 2.75) is 21.6 Å². The summed E-state index contributed by atoms with van der Waals surface area (Å²) in [5, 5.41) is 0.0301. The van der Waals surface area contributed by atoms with Gasteiger partial charge in [-0.1, -0.05) is 76.2 Å². The second kappa shape index (κ2) is 14.2. The van der Waals surface area contributed by atoms with Crippen LogP contribution in [0.3, 0.4) is 0 Å². The predicted octanol–water partition coefficient (Wildman–Crippen LogP) is 10.3. The van der Waals surface area contributed by atoms with E-state index in [-0.39, 0.29) is 53.8 Å². The van der Waals surface area contributed by atoms with Crippen LogP contribution in [-0.4, -0.2) is 25.3 Å². The molecule has 0 radical (unpaired) electrons. The fourth-order valence-corrected chi connectivity index (χ4v) is 12.7. The summed E-state index contributed by atoms with van der Waals surface area (Å²) in [6, 6.07) is 14.3. The molecule has 0 heterocycles. The van der Waals surface area contributed by atoms with E-state index in [9.17, 15) is 25.3 Å². The quantitative estimate of drug-likeness (QED) is 0.146. The molecule has 0 unspecified atom stereocenters. The first-order valence-electron chi connectivity index (χ1n) is 12.1. The summed E-state index contributed by atoms with van der Waals surface area (Å²) in [7, 11) is -14.5. The van der Waals surface area contributed by atoms with Crippen LogP contribution >= 0.6 is 97.5 Å². The van der Waals surface area contributed by atoms with Gasteiger partial charge in [-0.3, -0.25) is 0 Å². The van der Waals surface area contributed by atoms with E-state index in [4.69, 9.17) is 69.6 Å². The third-order valence-electron chi connectivity index (χ3n) is 5.72. The molecule has 4 rings (SSSR count). The Labute approximate surface area is 309 Å². The van der Waals surface area contributed by atoms with Gasteiger partial charge in [0.15, 0.2) is 0 Å². The standard InChI is InChI=1S/C27H17BrCl6N2O6S4/c1-15(2)44(37,38)35(43-23-8-16(29)5-17(30)9-23)27-14-22(3-4-26(27)28)36(45(39,40)24-10-18(31)6-19(32)11-24)46(41,42)25-12-20(33)7-21(34)13-25/h3-14H,1H2,2H3. The predicted molar refractivity (Wildman–Crippen MR) is 192 cm³/mol. The summed E-state index contributed by atoms with van der Waals surface area (Å²) >= 11 is 40.6. The summed E-state index contributed by atoms with van der Waals surface area (Å²) in [5.74, 6) is 0. The summed E-state index contributed by atoms with van der Waals surface area (Å²) < 4.78 is 85.3. The lowest BCUT2D eigenvalue weighted by Crippen LogP contribution is -2.37. The van der Waals surface area contributed by atoms with Crippen LogP contribution < -0.4 is 7.42 Å². The third-order valence-corrected chi connectivity index (χ3v) is 15.0. The van der Waals surface area contributed by atoms with Crippen molar-refractivity contribution in [3.63, 3.8) is 0 Å². The molecule has 0 spiro atoms. The zero-order valence-electron chi connectivity index (χ0n) is 22.8. The summed E-state index contributed by atoms with van der Waals surface area (Å²) in [4.78, 5) is -1.18. The van der Waals surface area contributed by atoms with Crippen molar-refractivity contribution in [3.05, 3.63) is 119 Å². The fraction of sp³-hybridized carbons (Fsp3) is 0.0370. The molecule has 4 aromatic rings. The van der Waals surface area contributed by atoms with E-state index in [0.717, 1.165) is 40.1 Å². The van der Waals surface area contributed by atoms with E-state index in [1.165, 1.54) is 43.3 Å². The molecule has 0 atom stereocenters. The number of hydrogen-bond acceptors (Lipinski definition) is 7. The Morgan fingerprint density at radius 3 is 1.43 bits per heavy atom. The minimum Gasteiger partial charge on any atom is -0.202 e. The van der Waals surface area contributed by atoms with Gasteiger partial charge in [0.1, 0.15) is 0 Å². The number of sulfonamides is 3. The minimum absolute atomic E-state index is 0.0963. The number of nitrogens with zero attached hydrogens (tertiary/aromatic N) is 2. The highest BCUT2D eigenvalue weighted by Gasteiger charge is 2.39. The van der Waals surface area contributed by atoms with Gasteiger partial charge in [-0.05, 0) is 95.7 Å². The highest BCUT2D eigenvalue weighted by Crippen LogP contribution is 2.43. The van der Waals surface area contributed by atoms with Gasteiger partial charge in [-0.15, -0.1) is 0 Å². The maximum absolute atomic E-state index is 14.2. The SMILES string of the molecule is C=C(C)S(=O)(=O)N(Sc1cc(Cl)cc(Cl)c1)c1cc(N(S(=O)(=O)c2cc(Cl)cc(Cl)c2)S(=O)(=O)c2cc(Cl)cc(Cl)c2)ccc1Br. The lowest BCUT2D eigenvalue weighted by molar-refractivity contribution is 0.584. The van der Waals surface area contributed by atoms with Crippen LogP contribution in [0, 0.1) is 0 Å². The molecule has 0 fully saturated rings. The van der Waals surface area contributed by atoms with Gasteiger partial charge in [-0.2, -0.15) is 3.71 Å². The summed E-state index contributed by atoms with van der Waals surface area (Å²) in [6.45, 7) is 4.81. The molecule has 0 aliphatic heterocycles. The highest BCUT2D eigenvalue weighted by atomic mass is 79.9. The van der Waals surface area contributed by atoms with E-state index < -0.39 is 45.5 Å². The van der Waals surface area contributed by atoms with Crippen molar-refractivity contribution >= 4 is 139 Å². The van der Waals surface area contributed by atoms with Gasteiger partial charge < -0.3 is 0 Å². The molecular weight excluding hydrogens is 869 g/mol. The van der Waals surface area contributed by atoms with Crippen LogP contribution in [0.4, 0.5) is 11.4 Å². The lowest BCUT2D eigenvalue weighted by atomic mass is 10.3. The zero-order valence-corrected chi connectivity index (χ0v) is 32.1. The molecule has 0 saturated heterocycles. The number of allylic oxidation sites excluding steroid dienone is 1. The van der Waals surface area contributed by atoms with Crippen molar-refractivity contribution in [1.82, 2.24) is 0 Å². The van der Waals surface area contributed by atoms with Crippen LogP contribution in [0.1, 0.15) is 6.92 Å². The second-order valence-electron chi connectivity index (χ2n) is 9.18. The smallest absolute Gasteiger partial charge is 0.202 e. The van der Waals surface area contributed by atoms with Gasteiger partial charge in [0, 0.05) is 51.5 Å². The Morgan fingerprint density at radius 2 is 1.04 bits per heavy atom. The second-order valence-corrected chi connectivity index (χ2v) is 19.7. The largest absolute Gasteiger partial charge is 0.277 e. The van der Waals surface area contributed by atoms with Crippen LogP contribution in [0.5, 0.6) is 0 Å². The average Bonchev–Trinajstić information content (AvgIpc) is 2.91. The Morgan fingerprint density at radius 1 is 0.652 bits per heavy atom. The number of anilines is 2. The van der Waals surface area contributed by atoms with E-state index >= 15 is 0 Å². The van der Waals surface area contributed by atoms with Gasteiger partial charge in [-0.25, -0.2) is 29.0 Å². The van der Waals surface area contributed by atoms with Crippen molar-refractivity contribution in [3.8, 4) is 0 Å². The maximum Gasteiger partial charge on any atom is 0.277 e. The lowest BCUT2D eigenvalue weighted by Gasteiger charge is -2.28. The number of rotatable bonds is 10. The molecule has 46 heavy (non-hydrogen) atoms. The number of hydrogen-bond donors (Lipinski definition) is 0. The molecule has 0 aliphatic carbocycles. The van der Waals surface area contributed by atoms with Crippen LogP contribution in [0.15, 0.2) is 103 Å². The topological polar surface area (TPSA) is 109 Å². The van der Waals surface area contributed by atoms with Gasteiger partial charge in [0.25, 0.3) is 30.1 Å². The highest BCUT2D eigenvalue weighted by molar-refractivity contribution is 9.10. The number of halogens is 7. The minimum atomic E-state index is -5.06. The van der Waals surface area contributed by atoms with E-state index in [1.807, 2.05) is 0 Å².